The molecule has 8 heteroatoms. The van der Waals surface area contributed by atoms with E-state index in [0.717, 1.165) is 25.9 Å². The van der Waals surface area contributed by atoms with E-state index >= 15 is 0 Å². The fourth-order valence-electron chi connectivity index (χ4n) is 2.54. The summed E-state index contributed by atoms with van der Waals surface area (Å²) in [6.07, 6.45) is -2.30. The Morgan fingerprint density at radius 3 is 2.96 bits per heavy atom. The Hall–Kier alpha value is -1.83. The van der Waals surface area contributed by atoms with Gasteiger partial charge in [0.15, 0.2) is 6.61 Å². The Morgan fingerprint density at radius 2 is 2.26 bits per heavy atom. The van der Waals surface area contributed by atoms with Crippen molar-refractivity contribution < 1.29 is 22.7 Å². The average Bonchev–Trinajstić information content (AvgIpc) is 2.50. The summed E-state index contributed by atoms with van der Waals surface area (Å²) < 4.78 is 40.9. The SMILES string of the molecule is CN1CCCC(CNC(=O)c2cccc(OCC(F)(F)F)n2)C1. The molecule has 1 aromatic rings. The summed E-state index contributed by atoms with van der Waals surface area (Å²) in [5, 5.41) is 2.78. The molecule has 0 radical (unpaired) electrons. The Morgan fingerprint density at radius 1 is 1.48 bits per heavy atom. The molecule has 0 aliphatic carbocycles. The summed E-state index contributed by atoms with van der Waals surface area (Å²) in [6.45, 7) is 1.07. The second-order valence-corrected chi connectivity index (χ2v) is 5.75. The highest BCUT2D eigenvalue weighted by atomic mass is 19.4. The van der Waals surface area contributed by atoms with E-state index in [9.17, 15) is 18.0 Å². The average molecular weight is 331 g/mol. The number of nitrogens with zero attached hydrogens (tertiary/aromatic N) is 2. The number of pyridine rings is 1. The molecule has 2 rings (SSSR count). The highest BCUT2D eigenvalue weighted by molar-refractivity contribution is 5.92. The smallest absolute Gasteiger partial charge is 0.422 e. The van der Waals surface area contributed by atoms with Crippen molar-refractivity contribution in [2.45, 2.75) is 19.0 Å². The second-order valence-electron chi connectivity index (χ2n) is 5.75. The van der Waals surface area contributed by atoms with Crippen molar-refractivity contribution in [3.8, 4) is 5.88 Å². The zero-order chi connectivity index (χ0) is 16.9. The van der Waals surface area contributed by atoms with Crippen LogP contribution >= 0.6 is 0 Å². The number of amides is 1. The molecule has 2 heterocycles. The van der Waals surface area contributed by atoms with Gasteiger partial charge in [-0.15, -0.1) is 0 Å². The lowest BCUT2D eigenvalue weighted by Crippen LogP contribution is -2.39. The van der Waals surface area contributed by atoms with Crippen molar-refractivity contribution in [1.29, 1.82) is 0 Å². The molecule has 1 amide bonds. The highest BCUT2D eigenvalue weighted by Gasteiger charge is 2.28. The van der Waals surface area contributed by atoms with Crippen LogP contribution in [0.3, 0.4) is 0 Å². The van der Waals surface area contributed by atoms with Crippen molar-refractivity contribution in [3.63, 3.8) is 0 Å². The number of nitrogens with one attached hydrogen (secondary N) is 1. The summed E-state index contributed by atoms with van der Waals surface area (Å²) in [5.41, 5.74) is 0.0499. The van der Waals surface area contributed by atoms with Crippen LogP contribution in [0.15, 0.2) is 18.2 Å². The lowest BCUT2D eigenvalue weighted by molar-refractivity contribution is -0.154. The Balaban J connectivity index is 1.86. The van der Waals surface area contributed by atoms with E-state index < -0.39 is 18.7 Å². The van der Waals surface area contributed by atoms with Gasteiger partial charge in [-0.1, -0.05) is 6.07 Å². The number of ether oxygens (including phenoxy) is 1. The third kappa shape index (κ3) is 6.05. The van der Waals surface area contributed by atoms with Crippen LogP contribution in [-0.4, -0.2) is 55.3 Å². The van der Waals surface area contributed by atoms with E-state index in [1.807, 2.05) is 7.05 Å². The lowest BCUT2D eigenvalue weighted by Gasteiger charge is -2.29. The van der Waals surface area contributed by atoms with Gasteiger partial charge in [0.25, 0.3) is 5.91 Å². The van der Waals surface area contributed by atoms with Crippen LogP contribution < -0.4 is 10.1 Å². The highest BCUT2D eigenvalue weighted by Crippen LogP contribution is 2.17. The molecule has 1 aromatic heterocycles. The van der Waals surface area contributed by atoms with Gasteiger partial charge in [-0.05, 0) is 38.4 Å². The molecule has 23 heavy (non-hydrogen) atoms. The van der Waals surface area contributed by atoms with Crippen molar-refractivity contribution in [2.75, 3.05) is 33.3 Å². The second kappa shape index (κ2) is 7.63. The molecular weight excluding hydrogens is 311 g/mol. The fourth-order valence-corrected chi connectivity index (χ4v) is 2.54. The van der Waals surface area contributed by atoms with Gasteiger partial charge in [0.2, 0.25) is 5.88 Å². The van der Waals surface area contributed by atoms with Gasteiger partial charge in [-0.25, -0.2) is 4.98 Å². The number of likely N-dealkylation sites (tertiary alicyclic amines) is 1. The number of carbonyl (C=O) groups is 1. The summed E-state index contributed by atoms with van der Waals surface area (Å²) in [6, 6.07) is 4.18. The zero-order valence-electron chi connectivity index (χ0n) is 12.9. The Labute approximate surface area is 132 Å². The number of piperidine rings is 1. The number of hydrogen-bond acceptors (Lipinski definition) is 4. The minimum Gasteiger partial charge on any atom is -0.468 e. The molecule has 0 bridgehead atoms. The first kappa shape index (κ1) is 17.5. The molecule has 1 fully saturated rings. The van der Waals surface area contributed by atoms with E-state index in [4.69, 9.17) is 0 Å². The van der Waals surface area contributed by atoms with Gasteiger partial charge in [-0.2, -0.15) is 13.2 Å². The molecule has 1 aliphatic heterocycles. The largest absolute Gasteiger partial charge is 0.468 e. The molecule has 1 atom stereocenters. The summed E-state index contributed by atoms with van der Waals surface area (Å²) in [4.78, 5) is 18.1. The molecular formula is C15H20F3N3O2. The maximum absolute atomic E-state index is 12.1. The normalized spacial score (nSPS) is 19.4. The standard InChI is InChI=1S/C15H20F3N3O2/c1-21-7-3-4-11(9-21)8-19-14(22)12-5-2-6-13(20-12)23-10-15(16,17)18/h2,5-6,11H,3-4,7-10H2,1H3,(H,19,22). The third-order valence-corrected chi connectivity index (χ3v) is 3.61. The van der Waals surface area contributed by atoms with E-state index in [0.29, 0.717) is 12.5 Å². The quantitative estimate of drug-likeness (QED) is 0.898. The lowest BCUT2D eigenvalue weighted by atomic mass is 9.98. The predicted molar refractivity (Wildman–Crippen MR) is 78.3 cm³/mol. The third-order valence-electron chi connectivity index (χ3n) is 3.61. The molecule has 0 spiro atoms. The fraction of sp³-hybridized carbons (Fsp3) is 0.600. The van der Waals surface area contributed by atoms with Crippen LogP contribution in [-0.2, 0) is 0 Å². The van der Waals surface area contributed by atoms with Crippen molar-refractivity contribution in [1.82, 2.24) is 15.2 Å². The van der Waals surface area contributed by atoms with Gasteiger partial charge >= 0.3 is 6.18 Å². The Kier molecular flexibility index (Phi) is 5.81. The van der Waals surface area contributed by atoms with Crippen molar-refractivity contribution in [2.24, 2.45) is 5.92 Å². The first-order valence-corrected chi connectivity index (χ1v) is 7.47. The molecule has 5 nitrogen and oxygen atoms in total. The van der Waals surface area contributed by atoms with E-state index in [1.54, 1.807) is 0 Å². The van der Waals surface area contributed by atoms with Gasteiger partial charge in [-0.3, -0.25) is 4.79 Å². The van der Waals surface area contributed by atoms with Crippen LogP contribution in [0.2, 0.25) is 0 Å². The molecule has 1 aliphatic rings. The minimum atomic E-state index is -4.44. The van der Waals surface area contributed by atoms with Gasteiger partial charge in [0.05, 0.1) is 0 Å². The van der Waals surface area contributed by atoms with Crippen LogP contribution in [0.25, 0.3) is 0 Å². The molecule has 0 aromatic carbocycles. The van der Waals surface area contributed by atoms with Gasteiger partial charge in [0.1, 0.15) is 5.69 Å². The number of hydrogen-bond donors (Lipinski definition) is 1. The molecule has 128 valence electrons. The minimum absolute atomic E-state index is 0.0499. The van der Waals surface area contributed by atoms with E-state index in [1.165, 1.54) is 18.2 Å². The van der Waals surface area contributed by atoms with Crippen LogP contribution in [0.1, 0.15) is 23.3 Å². The number of aromatic nitrogens is 1. The number of alkyl halides is 3. The van der Waals surface area contributed by atoms with Crippen LogP contribution in [0, 0.1) is 5.92 Å². The maximum Gasteiger partial charge on any atom is 0.422 e. The molecule has 1 saturated heterocycles. The van der Waals surface area contributed by atoms with Crippen LogP contribution in [0.5, 0.6) is 5.88 Å². The first-order chi connectivity index (χ1) is 10.8. The van der Waals surface area contributed by atoms with E-state index in [2.05, 4.69) is 19.9 Å². The number of rotatable bonds is 5. The zero-order valence-corrected chi connectivity index (χ0v) is 12.9. The molecule has 0 saturated carbocycles. The van der Waals surface area contributed by atoms with Gasteiger partial charge in [0, 0.05) is 19.2 Å². The van der Waals surface area contributed by atoms with Crippen molar-refractivity contribution in [3.05, 3.63) is 23.9 Å². The topological polar surface area (TPSA) is 54.5 Å². The predicted octanol–water partition coefficient (Wildman–Crippen LogP) is 2.09. The first-order valence-electron chi connectivity index (χ1n) is 7.47. The molecule has 1 N–H and O–H groups in total. The maximum atomic E-state index is 12.1. The van der Waals surface area contributed by atoms with Gasteiger partial charge < -0.3 is 15.0 Å². The Bertz CT molecular complexity index is 537. The monoisotopic (exact) mass is 331 g/mol. The van der Waals surface area contributed by atoms with Crippen LogP contribution in [0.4, 0.5) is 13.2 Å². The number of carbonyl (C=O) groups excluding carboxylic acids is 1. The van der Waals surface area contributed by atoms with E-state index in [-0.39, 0.29) is 11.6 Å². The summed E-state index contributed by atoms with van der Waals surface area (Å²) in [7, 11) is 2.04. The molecule has 1 unspecified atom stereocenters. The number of halogens is 3. The summed E-state index contributed by atoms with van der Waals surface area (Å²) >= 11 is 0. The summed E-state index contributed by atoms with van der Waals surface area (Å²) in [5.74, 6) is -0.245. The van der Waals surface area contributed by atoms with Crippen molar-refractivity contribution >= 4 is 5.91 Å².